The van der Waals surface area contributed by atoms with Gasteiger partial charge in [0.1, 0.15) is 5.52 Å². The van der Waals surface area contributed by atoms with Crippen molar-refractivity contribution in [2.75, 3.05) is 16.8 Å². The number of aryl methyl sites for hydroxylation is 1. The van der Waals surface area contributed by atoms with Crippen LogP contribution in [0, 0.1) is 6.92 Å². The van der Waals surface area contributed by atoms with Crippen LogP contribution < -0.4 is 4.90 Å². The van der Waals surface area contributed by atoms with E-state index in [1.807, 2.05) is 23.8 Å². The largest absolute Gasteiger partial charge is 0.352 e. The van der Waals surface area contributed by atoms with Gasteiger partial charge in [-0.25, -0.2) is 9.50 Å². The van der Waals surface area contributed by atoms with Gasteiger partial charge in [0, 0.05) is 30.3 Å². The first-order valence-electron chi connectivity index (χ1n) is 6.27. The van der Waals surface area contributed by atoms with E-state index in [1.165, 1.54) is 0 Å². The number of hydrogen-bond acceptors (Lipinski definition) is 3. The molecule has 0 unspecified atom stereocenters. The Bertz CT molecular complexity index is 521. The number of alkyl halides is 1. The quantitative estimate of drug-likeness (QED) is 0.796. The smallest absolute Gasteiger partial charge is 0.154 e. The molecule has 0 spiro atoms. The summed E-state index contributed by atoms with van der Waals surface area (Å²) in [7, 11) is 0. The standard InChI is InChI=1S/C13H19BrN4/c1-10(2)17(7-4-5-14)13-12-9-11(3)16-18(12)8-6-15-13/h6,8-10H,4-5,7H2,1-3H3. The van der Waals surface area contributed by atoms with Crippen molar-refractivity contribution in [2.45, 2.75) is 33.2 Å². The molecule has 0 aliphatic rings. The molecular formula is C13H19BrN4. The summed E-state index contributed by atoms with van der Waals surface area (Å²) in [5, 5.41) is 5.45. The molecule has 0 aromatic carbocycles. The van der Waals surface area contributed by atoms with Crippen LogP contribution in [0.4, 0.5) is 5.82 Å². The van der Waals surface area contributed by atoms with Crippen molar-refractivity contribution < 1.29 is 0 Å². The number of nitrogens with zero attached hydrogens (tertiary/aromatic N) is 4. The van der Waals surface area contributed by atoms with Crippen molar-refractivity contribution in [1.29, 1.82) is 0 Å². The first-order valence-corrected chi connectivity index (χ1v) is 7.39. The van der Waals surface area contributed by atoms with Crippen LogP contribution in [0.15, 0.2) is 18.5 Å². The normalized spacial score (nSPS) is 11.4. The monoisotopic (exact) mass is 310 g/mol. The lowest BCUT2D eigenvalue weighted by Gasteiger charge is -2.28. The fourth-order valence-electron chi connectivity index (χ4n) is 2.09. The van der Waals surface area contributed by atoms with E-state index in [4.69, 9.17) is 0 Å². The van der Waals surface area contributed by atoms with Crippen molar-refractivity contribution in [3.63, 3.8) is 0 Å². The summed E-state index contributed by atoms with van der Waals surface area (Å²) in [6.07, 6.45) is 4.82. The minimum Gasteiger partial charge on any atom is -0.352 e. The number of halogens is 1. The number of anilines is 1. The van der Waals surface area contributed by atoms with Crippen molar-refractivity contribution >= 4 is 27.3 Å². The topological polar surface area (TPSA) is 33.4 Å². The van der Waals surface area contributed by atoms with E-state index >= 15 is 0 Å². The summed E-state index contributed by atoms with van der Waals surface area (Å²) in [6, 6.07) is 2.52. The molecule has 5 heteroatoms. The van der Waals surface area contributed by atoms with E-state index in [9.17, 15) is 0 Å². The molecule has 0 saturated heterocycles. The highest BCUT2D eigenvalue weighted by Crippen LogP contribution is 2.21. The summed E-state index contributed by atoms with van der Waals surface area (Å²) in [5.74, 6) is 1.02. The third-order valence-corrected chi connectivity index (χ3v) is 3.48. The number of fused-ring (bicyclic) bond motifs is 1. The summed E-state index contributed by atoms with van der Waals surface area (Å²) in [5.41, 5.74) is 2.10. The van der Waals surface area contributed by atoms with Crippen LogP contribution in [-0.2, 0) is 0 Å². The maximum absolute atomic E-state index is 4.54. The van der Waals surface area contributed by atoms with Gasteiger partial charge in [-0.3, -0.25) is 0 Å². The van der Waals surface area contributed by atoms with Gasteiger partial charge in [0.15, 0.2) is 5.82 Å². The van der Waals surface area contributed by atoms with Crippen molar-refractivity contribution in [3.05, 3.63) is 24.2 Å². The minimum absolute atomic E-state index is 0.429. The summed E-state index contributed by atoms with van der Waals surface area (Å²) < 4.78 is 1.90. The molecule has 0 atom stereocenters. The Kier molecular flexibility index (Phi) is 4.22. The fraction of sp³-hybridized carbons (Fsp3) is 0.538. The van der Waals surface area contributed by atoms with Gasteiger partial charge >= 0.3 is 0 Å². The Labute approximate surface area is 116 Å². The molecule has 2 rings (SSSR count). The Morgan fingerprint density at radius 2 is 2.22 bits per heavy atom. The average Bonchev–Trinajstić information content (AvgIpc) is 2.70. The first kappa shape index (κ1) is 13.3. The van der Waals surface area contributed by atoms with Gasteiger partial charge in [0.05, 0.1) is 5.69 Å². The molecule has 0 aliphatic carbocycles. The molecule has 2 aromatic heterocycles. The van der Waals surface area contributed by atoms with Gasteiger partial charge in [0.2, 0.25) is 0 Å². The number of hydrogen-bond donors (Lipinski definition) is 0. The van der Waals surface area contributed by atoms with Crippen LogP contribution in [-0.4, -0.2) is 32.5 Å². The highest BCUT2D eigenvalue weighted by molar-refractivity contribution is 9.09. The lowest BCUT2D eigenvalue weighted by Crippen LogP contribution is -2.33. The molecular weight excluding hydrogens is 292 g/mol. The van der Waals surface area contributed by atoms with E-state index in [-0.39, 0.29) is 0 Å². The van der Waals surface area contributed by atoms with Crippen molar-refractivity contribution in [2.24, 2.45) is 0 Å². The second kappa shape index (κ2) is 5.69. The maximum Gasteiger partial charge on any atom is 0.154 e. The highest BCUT2D eigenvalue weighted by atomic mass is 79.9. The predicted molar refractivity (Wildman–Crippen MR) is 78.6 cm³/mol. The lowest BCUT2D eigenvalue weighted by molar-refractivity contribution is 0.665. The molecule has 0 amide bonds. The van der Waals surface area contributed by atoms with E-state index in [0.29, 0.717) is 6.04 Å². The minimum atomic E-state index is 0.429. The zero-order chi connectivity index (χ0) is 13.1. The zero-order valence-electron chi connectivity index (χ0n) is 11.1. The third-order valence-electron chi connectivity index (χ3n) is 2.92. The Morgan fingerprint density at radius 1 is 1.44 bits per heavy atom. The SMILES string of the molecule is Cc1cc2c(N(CCCBr)C(C)C)nccn2n1. The predicted octanol–water partition coefficient (Wildman–Crippen LogP) is 3.04. The zero-order valence-corrected chi connectivity index (χ0v) is 12.7. The summed E-state index contributed by atoms with van der Waals surface area (Å²) in [4.78, 5) is 6.88. The Balaban J connectivity index is 2.42. The summed E-state index contributed by atoms with van der Waals surface area (Å²) >= 11 is 3.49. The number of aromatic nitrogens is 3. The van der Waals surface area contributed by atoms with Crippen LogP contribution in [0.3, 0.4) is 0 Å². The molecule has 98 valence electrons. The van der Waals surface area contributed by atoms with Gasteiger partial charge in [-0.05, 0) is 33.3 Å². The highest BCUT2D eigenvalue weighted by Gasteiger charge is 2.15. The molecule has 0 bridgehead atoms. The maximum atomic E-state index is 4.54. The van der Waals surface area contributed by atoms with Gasteiger partial charge in [0.25, 0.3) is 0 Å². The lowest BCUT2D eigenvalue weighted by atomic mass is 10.2. The van der Waals surface area contributed by atoms with Crippen LogP contribution in [0.2, 0.25) is 0 Å². The van der Waals surface area contributed by atoms with Crippen LogP contribution in [0.5, 0.6) is 0 Å². The summed E-state index contributed by atoms with van der Waals surface area (Å²) in [6.45, 7) is 7.40. The first-order chi connectivity index (χ1) is 8.63. The molecule has 4 nitrogen and oxygen atoms in total. The molecule has 0 aliphatic heterocycles. The second-order valence-corrected chi connectivity index (χ2v) is 5.49. The van der Waals surface area contributed by atoms with E-state index < -0.39 is 0 Å². The van der Waals surface area contributed by atoms with Crippen LogP contribution >= 0.6 is 15.9 Å². The third kappa shape index (κ3) is 2.66. The van der Waals surface area contributed by atoms with Crippen molar-refractivity contribution in [3.8, 4) is 0 Å². The van der Waals surface area contributed by atoms with E-state index in [0.717, 1.165) is 35.3 Å². The molecule has 2 aromatic rings. The molecule has 0 saturated carbocycles. The van der Waals surface area contributed by atoms with Gasteiger partial charge in [-0.1, -0.05) is 15.9 Å². The van der Waals surface area contributed by atoms with Crippen molar-refractivity contribution in [1.82, 2.24) is 14.6 Å². The van der Waals surface area contributed by atoms with Gasteiger partial charge in [-0.15, -0.1) is 0 Å². The second-order valence-electron chi connectivity index (χ2n) is 4.70. The Morgan fingerprint density at radius 3 is 2.89 bits per heavy atom. The molecule has 0 N–H and O–H groups in total. The number of rotatable bonds is 5. The fourth-order valence-corrected chi connectivity index (χ4v) is 2.34. The van der Waals surface area contributed by atoms with Gasteiger partial charge < -0.3 is 4.90 Å². The molecule has 18 heavy (non-hydrogen) atoms. The van der Waals surface area contributed by atoms with E-state index in [1.54, 1.807) is 0 Å². The van der Waals surface area contributed by atoms with Gasteiger partial charge in [-0.2, -0.15) is 5.10 Å². The molecule has 2 heterocycles. The van der Waals surface area contributed by atoms with Crippen LogP contribution in [0.1, 0.15) is 26.0 Å². The van der Waals surface area contributed by atoms with E-state index in [2.05, 4.69) is 50.8 Å². The van der Waals surface area contributed by atoms with Crippen LogP contribution in [0.25, 0.3) is 5.52 Å². The average molecular weight is 311 g/mol. The Hall–Kier alpha value is -1.10. The molecule has 0 fully saturated rings. The molecule has 0 radical (unpaired) electrons.